The van der Waals surface area contributed by atoms with Crippen molar-refractivity contribution < 1.29 is 0 Å². The minimum absolute atomic E-state index is 0.158. The zero-order chi connectivity index (χ0) is 28.2. The number of benzene rings is 3. The number of hydrogen-bond acceptors (Lipinski definition) is 6. The zero-order valence-electron chi connectivity index (χ0n) is 23.1. The third-order valence-electron chi connectivity index (χ3n) is 7.45. The van der Waals surface area contributed by atoms with E-state index in [4.69, 9.17) is 0 Å². The van der Waals surface area contributed by atoms with Crippen molar-refractivity contribution in [3.8, 4) is 0 Å². The standard InChI is InChI=1S/C33H31N7O/c1-23-15-16-24(2)30-28(23)18-29(33(41)35-30)31(32-36-37-38-40(32)22-26-12-7-4-8-13-26)39(20-25-10-5-3-6-11-25)21-27-14-9-17-34-19-27/h3-19,31H,20-22H2,1-2H3,(H,35,41)/t31-/m1/s1. The van der Waals surface area contributed by atoms with E-state index in [1.54, 1.807) is 10.9 Å². The van der Waals surface area contributed by atoms with Crippen LogP contribution in [0.1, 0.15) is 45.2 Å². The van der Waals surface area contributed by atoms with E-state index in [0.29, 0.717) is 31.0 Å². The average molecular weight is 542 g/mol. The summed E-state index contributed by atoms with van der Waals surface area (Å²) in [6.07, 6.45) is 3.63. The van der Waals surface area contributed by atoms with Gasteiger partial charge in [0.25, 0.3) is 5.56 Å². The summed E-state index contributed by atoms with van der Waals surface area (Å²) < 4.78 is 1.80. The van der Waals surface area contributed by atoms with Crippen molar-refractivity contribution >= 4 is 10.9 Å². The van der Waals surface area contributed by atoms with Crippen LogP contribution in [0.25, 0.3) is 10.9 Å². The van der Waals surface area contributed by atoms with Gasteiger partial charge in [-0.15, -0.1) is 5.10 Å². The SMILES string of the molecule is Cc1ccc(C)c2[nH]c(=O)c([C@H](c3nnnn3Cc3ccccc3)N(Cc3ccccc3)Cc3cccnc3)cc12. The molecule has 0 aliphatic carbocycles. The summed E-state index contributed by atoms with van der Waals surface area (Å²) in [7, 11) is 0. The number of rotatable bonds is 9. The summed E-state index contributed by atoms with van der Waals surface area (Å²) >= 11 is 0. The summed E-state index contributed by atoms with van der Waals surface area (Å²) in [5.74, 6) is 0.601. The molecule has 0 amide bonds. The lowest BCUT2D eigenvalue weighted by molar-refractivity contribution is 0.194. The monoisotopic (exact) mass is 541 g/mol. The number of aromatic amines is 1. The average Bonchev–Trinajstić information content (AvgIpc) is 3.44. The minimum atomic E-state index is -0.540. The smallest absolute Gasteiger partial charge is 0.253 e. The van der Waals surface area contributed by atoms with E-state index >= 15 is 0 Å². The number of aryl methyl sites for hydroxylation is 2. The zero-order valence-corrected chi connectivity index (χ0v) is 23.1. The molecule has 0 fully saturated rings. The second kappa shape index (κ2) is 11.7. The Hall–Kier alpha value is -4.95. The fourth-order valence-electron chi connectivity index (χ4n) is 5.35. The molecular weight excluding hydrogens is 510 g/mol. The van der Waals surface area contributed by atoms with E-state index in [0.717, 1.165) is 38.7 Å². The van der Waals surface area contributed by atoms with Gasteiger partial charge in [0, 0.05) is 36.4 Å². The predicted octanol–water partition coefficient (Wildman–Crippen LogP) is 5.37. The highest BCUT2D eigenvalue weighted by Crippen LogP contribution is 2.31. The Morgan fingerprint density at radius 1 is 0.829 bits per heavy atom. The largest absolute Gasteiger partial charge is 0.321 e. The number of fused-ring (bicyclic) bond motifs is 1. The van der Waals surface area contributed by atoms with E-state index in [1.165, 1.54) is 0 Å². The second-order valence-electron chi connectivity index (χ2n) is 10.4. The van der Waals surface area contributed by atoms with Crippen molar-refractivity contribution in [2.24, 2.45) is 0 Å². The third kappa shape index (κ3) is 5.69. The quantitative estimate of drug-likeness (QED) is 0.265. The molecule has 3 heterocycles. The second-order valence-corrected chi connectivity index (χ2v) is 10.4. The summed E-state index contributed by atoms with van der Waals surface area (Å²) in [5.41, 5.74) is 6.62. The van der Waals surface area contributed by atoms with Crippen LogP contribution in [-0.4, -0.2) is 35.1 Å². The molecule has 0 aliphatic rings. The molecule has 0 aliphatic heterocycles. The molecule has 0 saturated heterocycles. The van der Waals surface area contributed by atoms with Gasteiger partial charge in [-0.1, -0.05) is 78.9 Å². The molecule has 1 atom stereocenters. The third-order valence-corrected chi connectivity index (χ3v) is 7.45. The maximum atomic E-state index is 13.9. The van der Waals surface area contributed by atoms with Crippen LogP contribution in [0, 0.1) is 13.8 Å². The van der Waals surface area contributed by atoms with Gasteiger partial charge in [0.2, 0.25) is 0 Å². The van der Waals surface area contributed by atoms with E-state index in [1.807, 2.05) is 85.9 Å². The molecule has 3 aromatic carbocycles. The van der Waals surface area contributed by atoms with E-state index in [9.17, 15) is 4.79 Å². The molecule has 0 saturated carbocycles. The van der Waals surface area contributed by atoms with Gasteiger partial charge in [-0.25, -0.2) is 4.68 Å². The number of pyridine rings is 2. The van der Waals surface area contributed by atoms with E-state index in [2.05, 4.69) is 55.5 Å². The van der Waals surface area contributed by atoms with Crippen molar-refractivity contribution in [1.29, 1.82) is 0 Å². The Kier molecular flexibility index (Phi) is 7.47. The number of tetrazole rings is 1. The van der Waals surface area contributed by atoms with Crippen LogP contribution in [-0.2, 0) is 19.6 Å². The van der Waals surface area contributed by atoms with Gasteiger partial charge in [-0.3, -0.25) is 14.7 Å². The summed E-state index contributed by atoms with van der Waals surface area (Å²) in [5, 5.41) is 14.0. The van der Waals surface area contributed by atoms with Gasteiger partial charge in [-0.05, 0) is 64.2 Å². The van der Waals surface area contributed by atoms with Gasteiger partial charge >= 0.3 is 0 Å². The molecule has 1 N–H and O–H groups in total. The van der Waals surface area contributed by atoms with E-state index < -0.39 is 6.04 Å². The molecule has 0 bridgehead atoms. The summed E-state index contributed by atoms with van der Waals surface area (Å²) in [6.45, 7) is 5.67. The van der Waals surface area contributed by atoms with Gasteiger partial charge in [-0.2, -0.15) is 0 Å². The fraction of sp³-hybridized carbons (Fsp3) is 0.182. The lowest BCUT2D eigenvalue weighted by atomic mass is 9.98. The van der Waals surface area contributed by atoms with Crippen LogP contribution in [0.2, 0.25) is 0 Å². The highest BCUT2D eigenvalue weighted by molar-refractivity contribution is 5.85. The first-order valence-electron chi connectivity index (χ1n) is 13.7. The van der Waals surface area contributed by atoms with E-state index in [-0.39, 0.29) is 5.56 Å². The first-order chi connectivity index (χ1) is 20.1. The Morgan fingerprint density at radius 3 is 2.24 bits per heavy atom. The van der Waals surface area contributed by atoms with Gasteiger partial charge in [0.1, 0.15) is 6.04 Å². The van der Waals surface area contributed by atoms with Crippen LogP contribution < -0.4 is 5.56 Å². The summed E-state index contributed by atoms with van der Waals surface area (Å²) in [4.78, 5) is 23.7. The molecule has 0 unspecified atom stereocenters. The first kappa shape index (κ1) is 26.3. The molecule has 0 radical (unpaired) electrons. The van der Waals surface area contributed by atoms with Gasteiger partial charge in [0.05, 0.1) is 12.1 Å². The lowest BCUT2D eigenvalue weighted by Gasteiger charge is -2.31. The predicted molar refractivity (Wildman–Crippen MR) is 159 cm³/mol. The maximum absolute atomic E-state index is 13.9. The first-order valence-corrected chi connectivity index (χ1v) is 13.7. The molecule has 204 valence electrons. The number of H-pyrrole nitrogens is 1. The van der Waals surface area contributed by atoms with Crippen LogP contribution in [0.5, 0.6) is 0 Å². The normalized spacial score (nSPS) is 12.2. The highest BCUT2D eigenvalue weighted by atomic mass is 16.1. The molecule has 3 aromatic heterocycles. The number of aromatic nitrogens is 6. The molecule has 8 nitrogen and oxygen atoms in total. The highest BCUT2D eigenvalue weighted by Gasteiger charge is 2.31. The van der Waals surface area contributed by atoms with Crippen molar-refractivity contribution in [2.45, 2.75) is 39.5 Å². The molecule has 6 aromatic rings. The molecular formula is C33H31N7O. The van der Waals surface area contributed by atoms with Crippen molar-refractivity contribution in [3.05, 3.63) is 153 Å². The van der Waals surface area contributed by atoms with Gasteiger partial charge in [0.15, 0.2) is 5.82 Å². The molecule has 41 heavy (non-hydrogen) atoms. The number of hydrogen-bond donors (Lipinski definition) is 1. The minimum Gasteiger partial charge on any atom is -0.321 e. The number of nitrogens with one attached hydrogen (secondary N) is 1. The Morgan fingerprint density at radius 2 is 1.51 bits per heavy atom. The molecule has 6 rings (SSSR count). The Balaban J connectivity index is 1.55. The van der Waals surface area contributed by atoms with Crippen molar-refractivity contribution in [3.63, 3.8) is 0 Å². The fourth-order valence-corrected chi connectivity index (χ4v) is 5.35. The van der Waals surface area contributed by atoms with Crippen LogP contribution in [0.4, 0.5) is 0 Å². The van der Waals surface area contributed by atoms with Gasteiger partial charge < -0.3 is 4.98 Å². The van der Waals surface area contributed by atoms with Crippen molar-refractivity contribution in [1.82, 2.24) is 35.1 Å². The Bertz CT molecular complexity index is 1770. The summed E-state index contributed by atoms with van der Waals surface area (Å²) in [6, 6.07) is 29.9. The number of nitrogens with zero attached hydrogens (tertiary/aromatic N) is 6. The topological polar surface area (TPSA) is 92.6 Å². The Labute approximate surface area is 238 Å². The van der Waals surface area contributed by atoms with Crippen LogP contribution in [0.3, 0.4) is 0 Å². The van der Waals surface area contributed by atoms with Crippen LogP contribution >= 0.6 is 0 Å². The van der Waals surface area contributed by atoms with Crippen molar-refractivity contribution in [2.75, 3.05) is 0 Å². The maximum Gasteiger partial charge on any atom is 0.253 e. The lowest BCUT2D eigenvalue weighted by Crippen LogP contribution is -2.35. The molecule has 0 spiro atoms. The molecule has 8 heteroatoms. The van der Waals surface area contributed by atoms with Crippen LogP contribution in [0.15, 0.2) is 108 Å².